The van der Waals surface area contributed by atoms with Crippen molar-refractivity contribution in [1.82, 2.24) is 10.6 Å². The van der Waals surface area contributed by atoms with Gasteiger partial charge in [0, 0.05) is 13.0 Å². The van der Waals surface area contributed by atoms with E-state index in [0.29, 0.717) is 32.6 Å². The molecule has 0 radical (unpaired) electrons. The number of esters is 1. The third kappa shape index (κ3) is 26.4. The van der Waals surface area contributed by atoms with E-state index in [9.17, 15) is 14.4 Å². The summed E-state index contributed by atoms with van der Waals surface area (Å²) >= 11 is 0. The summed E-state index contributed by atoms with van der Waals surface area (Å²) in [6.45, 7) is 8.00. The van der Waals surface area contributed by atoms with E-state index in [2.05, 4.69) is 31.4 Å². The van der Waals surface area contributed by atoms with E-state index in [-0.39, 0.29) is 18.0 Å². The van der Waals surface area contributed by atoms with Crippen LogP contribution in [0, 0.1) is 0 Å². The number of carbonyl (C=O) groups is 3. The Morgan fingerprint density at radius 2 is 1.02 bits per heavy atom. The molecule has 7 nitrogen and oxygen atoms in total. The zero-order valence-electron chi connectivity index (χ0n) is 26.5. The number of hydrogen-bond donors (Lipinski definition) is 2. The maximum Gasteiger partial charge on any atom is 0.407 e. The third-order valence-electron chi connectivity index (χ3n) is 7.29. The van der Waals surface area contributed by atoms with Crippen molar-refractivity contribution in [1.29, 1.82) is 0 Å². The number of hydrogen-bond acceptors (Lipinski definition) is 5. The lowest BCUT2D eigenvalue weighted by atomic mass is 10.0. The molecule has 0 heterocycles. The molecule has 0 aliphatic carbocycles. The molecule has 2 amide bonds. The van der Waals surface area contributed by atoms with Crippen molar-refractivity contribution in [2.45, 2.75) is 174 Å². The van der Waals surface area contributed by atoms with Crippen molar-refractivity contribution in [2.24, 2.45) is 0 Å². The molecular formula is C33H64N2O5. The monoisotopic (exact) mass is 568 g/mol. The first kappa shape index (κ1) is 38.2. The number of nitrogens with one attached hydrogen (secondary N) is 2. The summed E-state index contributed by atoms with van der Waals surface area (Å²) in [5.41, 5.74) is 0. The van der Waals surface area contributed by atoms with Gasteiger partial charge in [-0.1, -0.05) is 130 Å². The normalized spacial score (nSPS) is 11.7. The molecule has 0 bridgehead atoms. The highest BCUT2D eigenvalue weighted by atomic mass is 16.5. The van der Waals surface area contributed by atoms with Crippen LogP contribution in [0.2, 0.25) is 0 Å². The van der Waals surface area contributed by atoms with Gasteiger partial charge in [-0.15, -0.1) is 0 Å². The SMILES string of the molecule is CCCCCCCCCCC(NC(=O)CCCCCCCCCCCNC(=O)OCCCC)C(=O)OCCCC. The van der Waals surface area contributed by atoms with Gasteiger partial charge in [0.15, 0.2) is 0 Å². The van der Waals surface area contributed by atoms with Gasteiger partial charge in [0.05, 0.1) is 13.2 Å². The van der Waals surface area contributed by atoms with Crippen LogP contribution >= 0.6 is 0 Å². The van der Waals surface area contributed by atoms with Crippen LogP contribution in [0.15, 0.2) is 0 Å². The number of ether oxygens (including phenoxy) is 2. The van der Waals surface area contributed by atoms with Gasteiger partial charge in [-0.3, -0.25) is 4.79 Å². The van der Waals surface area contributed by atoms with Crippen molar-refractivity contribution in [3.8, 4) is 0 Å². The number of unbranched alkanes of at least 4 members (excludes halogenated alkanes) is 17. The molecule has 0 aromatic heterocycles. The Balaban J connectivity index is 3.89. The summed E-state index contributed by atoms with van der Waals surface area (Å²) in [7, 11) is 0. The van der Waals surface area contributed by atoms with Crippen LogP contribution in [0.4, 0.5) is 4.79 Å². The minimum absolute atomic E-state index is 0.0279. The lowest BCUT2D eigenvalue weighted by Gasteiger charge is -2.18. The van der Waals surface area contributed by atoms with E-state index < -0.39 is 6.04 Å². The lowest BCUT2D eigenvalue weighted by molar-refractivity contribution is -0.148. The van der Waals surface area contributed by atoms with E-state index in [1.807, 2.05) is 0 Å². The Bertz CT molecular complexity index is 599. The summed E-state index contributed by atoms with van der Waals surface area (Å²) < 4.78 is 10.5. The van der Waals surface area contributed by atoms with Crippen molar-refractivity contribution < 1.29 is 23.9 Å². The van der Waals surface area contributed by atoms with Crippen LogP contribution in [0.25, 0.3) is 0 Å². The van der Waals surface area contributed by atoms with Gasteiger partial charge in [-0.05, 0) is 32.1 Å². The van der Waals surface area contributed by atoms with Gasteiger partial charge in [0.1, 0.15) is 6.04 Å². The Labute approximate surface area is 246 Å². The fraction of sp³-hybridized carbons (Fsp3) is 0.909. The first-order valence-electron chi connectivity index (χ1n) is 16.9. The number of amides is 2. The minimum Gasteiger partial charge on any atom is -0.464 e. The second-order valence-corrected chi connectivity index (χ2v) is 11.3. The summed E-state index contributed by atoms with van der Waals surface area (Å²) in [6, 6.07) is -0.508. The lowest BCUT2D eigenvalue weighted by Crippen LogP contribution is -2.41. The molecule has 0 saturated heterocycles. The number of alkyl carbamates (subject to hydrolysis) is 1. The highest BCUT2D eigenvalue weighted by molar-refractivity contribution is 5.84. The van der Waals surface area contributed by atoms with Gasteiger partial charge in [-0.2, -0.15) is 0 Å². The minimum atomic E-state index is -0.508. The van der Waals surface area contributed by atoms with Gasteiger partial charge >= 0.3 is 12.1 Å². The van der Waals surface area contributed by atoms with Gasteiger partial charge in [-0.25, -0.2) is 9.59 Å². The zero-order chi connectivity index (χ0) is 29.5. The van der Waals surface area contributed by atoms with Crippen molar-refractivity contribution in [3.63, 3.8) is 0 Å². The summed E-state index contributed by atoms with van der Waals surface area (Å²) in [4.78, 5) is 36.6. The summed E-state index contributed by atoms with van der Waals surface area (Å²) in [5.74, 6) is -0.299. The van der Waals surface area contributed by atoms with E-state index in [1.54, 1.807) is 0 Å². The maximum absolute atomic E-state index is 12.6. The van der Waals surface area contributed by atoms with Crippen LogP contribution in [0.1, 0.15) is 168 Å². The molecule has 1 atom stereocenters. The molecule has 0 aliphatic rings. The number of carbonyl (C=O) groups excluding carboxylic acids is 3. The molecular weight excluding hydrogens is 504 g/mol. The molecule has 40 heavy (non-hydrogen) atoms. The predicted octanol–water partition coefficient (Wildman–Crippen LogP) is 8.77. The Morgan fingerprint density at radius 3 is 1.60 bits per heavy atom. The third-order valence-corrected chi connectivity index (χ3v) is 7.29. The summed E-state index contributed by atoms with van der Waals surface area (Å²) in [5, 5.41) is 5.78. The second-order valence-electron chi connectivity index (χ2n) is 11.3. The predicted molar refractivity (Wildman–Crippen MR) is 165 cm³/mol. The smallest absolute Gasteiger partial charge is 0.407 e. The van der Waals surface area contributed by atoms with Gasteiger partial charge in [0.25, 0.3) is 0 Å². The highest BCUT2D eigenvalue weighted by Gasteiger charge is 2.21. The molecule has 0 aromatic carbocycles. The molecule has 1 unspecified atom stereocenters. The average Bonchev–Trinajstić information content (AvgIpc) is 2.94. The zero-order valence-corrected chi connectivity index (χ0v) is 26.5. The van der Waals surface area contributed by atoms with Crippen molar-refractivity contribution >= 4 is 18.0 Å². The van der Waals surface area contributed by atoms with E-state index >= 15 is 0 Å². The van der Waals surface area contributed by atoms with E-state index in [1.165, 1.54) is 64.2 Å². The first-order valence-corrected chi connectivity index (χ1v) is 16.9. The molecule has 0 aliphatic heterocycles. The second kappa shape index (κ2) is 30.2. The Morgan fingerprint density at radius 1 is 0.550 bits per heavy atom. The molecule has 2 N–H and O–H groups in total. The molecule has 0 spiro atoms. The topological polar surface area (TPSA) is 93.7 Å². The van der Waals surface area contributed by atoms with Gasteiger partial charge in [0.2, 0.25) is 5.91 Å². The van der Waals surface area contributed by atoms with Crippen LogP contribution in [-0.4, -0.2) is 43.8 Å². The standard InChI is InChI=1S/C33H64N2O5/c1-4-7-10-11-12-16-19-22-25-30(32(37)39-28-8-5-2)35-31(36)26-23-20-17-14-13-15-18-21-24-27-34-33(38)40-29-9-6-3/h30H,4-29H2,1-3H3,(H,34,38)(H,35,36). The molecule has 0 saturated carbocycles. The Hall–Kier alpha value is -1.79. The van der Waals surface area contributed by atoms with Gasteiger partial charge < -0.3 is 20.1 Å². The molecule has 0 fully saturated rings. The maximum atomic E-state index is 12.6. The number of rotatable bonds is 29. The first-order chi connectivity index (χ1) is 19.5. The van der Waals surface area contributed by atoms with E-state index in [0.717, 1.165) is 70.6 Å². The Kier molecular flexibility index (Phi) is 28.8. The molecule has 0 rings (SSSR count). The fourth-order valence-corrected chi connectivity index (χ4v) is 4.61. The largest absolute Gasteiger partial charge is 0.464 e. The van der Waals surface area contributed by atoms with Crippen molar-refractivity contribution in [2.75, 3.05) is 19.8 Å². The average molecular weight is 569 g/mol. The molecule has 0 aromatic rings. The highest BCUT2D eigenvalue weighted by Crippen LogP contribution is 2.13. The molecule has 236 valence electrons. The summed E-state index contributed by atoms with van der Waals surface area (Å²) in [6.07, 6.45) is 24.3. The van der Waals surface area contributed by atoms with Crippen LogP contribution in [-0.2, 0) is 19.1 Å². The van der Waals surface area contributed by atoms with Crippen molar-refractivity contribution in [3.05, 3.63) is 0 Å². The van der Waals surface area contributed by atoms with Crippen LogP contribution in [0.3, 0.4) is 0 Å². The van der Waals surface area contributed by atoms with Crippen LogP contribution in [0.5, 0.6) is 0 Å². The van der Waals surface area contributed by atoms with Crippen LogP contribution < -0.4 is 10.6 Å². The molecule has 7 heteroatoms. The quantitative estimate of drug-likeness (QED) is 0.0695. The fourth-order valence-electron chi connectivity index (χ4n) is 4.61. The van der Waals surface area contributed by atoms with E-state index in [4.69, 9.17) is 9.47 Å².